The molecule has 2 heterocycles. The number of benzene rings is 1. The Bertz CT molecular complexity index is 742. The van der Waals surface area contributed by atoms with E-state index in [0.717, 1.165) is 50.9 Å². The number of rotatable bonds is 5. The van der Waals surface area contributed by atoms with Gasteiger partial charge in [0.1, 0.15) is 5.82 Å². The zero-order valence-electron chi connectivity index (χ0n) is 16.3. The van der Waals surface area contributed by atoms with Gasteiger partial charge in [-0.1, -0.05) is 17.7 Å². The van der Waals surface area contributed by atoms with Gasteiger partial charge < -0.3 is 10.4 Å². The summed E-state index contributed by atoms with van der Waals surface area (Å²) in [4.78, 5) is 16.5. The van der Waals surface area contributed by atoms with Gasteiger partial charge >= 0.3 is 0 Å². The third kappa shape index (κ3) is 3.92. The van der Waals surface area contributed by atoms with Crippen LogP contribution in [0.25, 0.3) is 0 Å². The van der Waals surface area contributed by atoms with Crippen LogP contribution in [0.1, 0.15) is 44.2 Å². The van der Waals surface area contributed by atoms with Crippen molar-refractivity contribution in [3.63, 3.8) is 0 Å². The Morgan fingerprint density at radius 1 is 1.36 bits per heavy atom. The highest BCUT2D eigenvalue weighted by Gasteiger charge is 2.51. The standard InChI is InChI=1S/C21H29ClFN3O2/c1-14-20(28)24-8-11-25(14)9-4-18(15-2-3-17(23)16(22)12-15)26-10-7-21(5-6-21)19(27)13-26/h2-3,12,14,18-19,27H,4-11,13H2,1H3,(H,24,28)/t14?,18?,19-/m1/s1. The zero-order chi connectivity index (χ0) is 19.9. The van der Waals surface area contributed by atoms with E-state index >= 15 is 0 Å². The number of aliphatic hydroxyl groups excluding tert-OH is 1. The molecule has 154 valence electrons. The lowest BCUT2D eigenvalue weighted by molar-refractivity contribution is -0.128. The first kappa shape index (κ1) is 20.1. The van der Waals surface area contributed by atoms with Crippen molar-refractivity contribution in [3.05, 3.63) is 34.6 Å². The van der Waals surface area contributed by atoms with Crippen LogP contribution in [0.2, 0.25) is 5.02 Å². The summed E-state index contributed by atoms with van der Waals surface area (Å²) in [5.41, 5.74) is 1.11. The number of carbonyl (C=O) groups is 1. The Kier molecular flexibility index (Phi) is 5.67. The Morgan fingerprint density at radius 2 is 2.14 bits per heavy atom. The van der Waals surface area contributed by atoms with Gasteiger partial charge in [-0.05, 0) is 62.3 Å². The van der Waals surface area contributed by atoms with E-state index in [4.69, 9.17) is 11.6 Å². The third-order valence-electron chi connectivity index (χ3n) is 6.99. The van der Waals surface area contributed by atoms with E-state index in [1.807, 2.05) is 6.92 Å². The maximum Gasteiger partial charge on any atom is 0.237 e. The molecule has 1 saturated carbocycles. The predicted octanol–water partition coefficient (Wildman–Crippen LogP) is 2.58. The lowest BCUT2D eigenvalue weighted by Crippen LogP contribution is -2.54. The number of piperazine rings is 1. The minimum atomic E-state index is -0.416. The van der Waals surface area contributed by atoms with Gasteiger partial charge in [-0.2, -0.15) is 0 Å². The lowest BCUT2D eigenvalue weighted by atomic mass is 9.88. The molecule has 28 heavy (non-hydrogen) atoms. The van der Waals surface area contributed by atoms with Crippen molar-refractivity contribution < 1.29 is 14.3 Å². The monoisotopic (exact) mass is 409 g/mol. The van der Waals surface area contributed by atoms with Crippen molar-refractivity contribution in [1.29, 1.82) is 0 Å². The maximum atomic E-state index is 13.7. The van der Waals surface area contributed by atoms with Gasteiger partial charge in [0.25, 0.3) is 0 Å². The van der Waals surface area contributed by atoms with Crippen LogP contribution >= 0.6 is 11.6 Å². The molecule has 0 radical (unpaired) electrons. The quantitative estimate of drug-likeness (QED) is 0.784. The molecule has 2 unspecified atom stereocenters. The van der Waals surface area contributed by atoms with Gasteiger partial charge in [0, 0.05) is 32.2 Å². The summed E-state index contributed by atoms with van der Waals surface area (Å²) < 4.78 is 13.7. The van der Waals surface area contributed by atoms with Gasteiger partial charge in [-0.15, -0.1) is 0 Å². The highest BCUT2D eigenvalue weighted by atomic mass is 35.5. The summed E-state index contributed by atoms with van der Waals surface area (Å²) in [7, 11) is 0. The van der Waals surface area contributed by atoms with Gasteiger partial charge in [0.05, 0.1) is 17.2 Å². The van der Waals surface area contributed by atoms with E-state index in [1.54, 1.807) is 12.1 Å². The summed E-state index contributed by atoms with van der Waals surface area (Å²) >= 11 is 6.07. The van der Waals surface area contributed by atoms with E-state index in [0.29, 0.717) is 13.1 Å². The molecule has 1 aromatic carbocycles. The molecule has 0 aromatic heterocycles. The summed E-state index contributed by atoms with van der Waals surface area (Å²) in [6.07, 6.45) is 3.74. The molecule has 1 aliphatic carbocycles. The van der Waals surface area contributed by atoms with Crippen LogP contribution in [0, 0.1) is 11.2 Å². The lowest BCUT2D eigenvalue weighted by Gasteiger charge is -2.42. The number of hydrogen-bond donors (Lipinski definition) is 2. The van der Waals surface area contributed by atoms with Gasteiger partial charge in [0.2, 0.25) is 5.91 Å². The molecular weight excluding hydrogens is 381 g/mol. The average molecular weight is 410 g/mol. The second kappa shape index (κ2) is 7.90. The predicted molar refractivity (Wildman–Crippen MR) is 107 cm³/mol. The Balaban J connectivity index is 1.51. The van der Waals surface area contributed by atoms with Crippen LogP contribution < -0.4 is 5.32 Å². The van der Waals surface area contributed by atoms with Crippen LogP contribution in [0.3, 0.4) is 0 Å². The number of aliphatic hydroxyl groups is 1. The van der Waals surface area contributed by atoms with Crippen LogP contribution in [0.4, 0.5) is 4.39 Å². The molecule has 3 fully saturated rings. The number of halogens is 2. The van der Waals surface area contributed by atoms with Crippen LogP contribution in [0.15, 0.2) is 18.2 Å². The minimum absolute atomic E-state index is 0.0426. The molecule has 1 spiro atoms. The molecule has 5 nitrogen and oxygen atoms in total. The Labute approximate surface area is 170 Å². The number of β-amino-alcohol motifs (C(OH)–C–C–N with tert-alkyl or cyclic N) is 1. The number of piperidine rings is 1. The van der Waals surface area contributed by atoms with Crippen LogP contribution in [-0.4, -0.2) is 65.7 Å². The molecular formula is C21H29ClFN3O2. The SMILES string of the molecule is CC1C(=O)NCCN1CCC(c1ccc(F)c(Cl)c1)N1CCC2(CC2)[C@H](O)C1. The Hall–Kier alpha value is -1.21. The summed E-state index contributed by atoms with van der Waals surface area (Å²) in [5, 5.41) is 13.7. The van der Waals surface area contributed by atoms with E-state index < -0.39 is 5.82 Å². The van der Waals surface area contributed by atoms with E-state index in [-0.39, 0.29) is 34.5 Å². The second-order valence-electron chi connectivity index (χ2n) is 8.60. The smallest absolute Gasteiger partial charge is 0.237 e. The molecule has 2 N–H and O–H groups in total. The molecule has 3 atom stereocenters. The largest absolute Gasteiger partial charge is 0.391 e. The number of amides is 1. The highest BCUT2D eigenvalue weighted by Crippen LogP contribution is 2.54. The van der Waals surface area contributed by atoms with E-state index in [2.05, 4.69) is 15.1 Å². The van der Waals surface area contributed by atoms with Crippen molar-refractivity contribution in [2.45, 2.75) is 50.8 Å². The fourth-order valence-corrected chi connectivity index (χ4v) is 4.96. The van der Waals surface area contributed by atoms with Crippen molar-refractivity contribution in [2.24, 2.45) is 5.41 Å². The Morgan fingerprint density at radius 3 is 2.82 bits per heavy atom. The normalized spacial score (nSPS) is 28.9. The molecule has 4 rings (SSSR count). The fraction of sp³-hybridized carbons (Fsp3) is 0.667. The fourth-order valence-electron chi connectivity index (χ4n) is 4.77. The van der Waals surface area contributed by atoms with E-state index in [9.17, 15) is 14.3 Å². The molecule has 7 heteroatoms. The second-order valence-corrected chi connectivity index (χ2v) is 9.01. The van der Waals surface area contributed by atoms with Crippen LogP contribution in [-0.2, 0) is 4.79 Å². The van der Waals surface area contributed by atoms with Gasteiger partial charge in [-0.25, -0.2) is 4.39 Å². The number of nitrogens with zero attached hydrogens (tertiary/aromatic N) is 2. The summed E-state index contributed by atoms with van der Waals surface area (Å²) in [6.45, 7) is 5.75. The van der Waals surface area contributed by atoms with Crippen molar-refractivity contribution >= 4 is 17.5 Å². The average Bonchev–Trinajstić information content (AvgIpc) is 3.45. The first-order valence-corrected chi connectivity index (χ1v) is 10.7. The van der Waals surface area contributed by atoms with Gasteiger partial charge in [0.15, 0.2) is 0 Å². The van der Waals surface area contributed by atoms with Crippen molar-refractivity contribution in [2.75, 3.05) is 32.7 Å². The number of hydrogen-bond acceptors (Lipinski definition) is 4. The number of nitrogens with one attached hydrogen (secondary N) is 1. The molecule has 2 aliphatic heterocycles. The highest BCUT2D eigenvalue weighted by molar-refractivity contribution is 6.30. The molecule has 1 aromatic rings. The first-order chi connectivity index (χ1) is 13.4. The first-order valence-electron chi connectivity index (χ1n) is 10.3. The number of carbonyl (C=O) groups excluding carboxylic acids is 1. The van der Waals surface area contributed by atoms with E-state index in [1.165, 1.54) is 6.07 Å². The molecule has 1 amide bonds. The molecule has 3 aliphatic rings. The summed E-state index contributed by atoms with van der Waals surface area (Å²) in [5.74, 6) is -0.349. The zero-order valence-corrected chi connectivity index (χ0v) is 17.1. The molecule has 0 bridgehead atoms. The topological polar surface area (TPSA) is 55.8 Å². The van der Waals surface area contributed by atoms with Crippen LogP contribution in [0.5, 0.6) is 0 Å². The molecule has 2 saturated heterocycles. The summed E-state index contributed by atoms with van der Waals surface area (Å²) in [6, 6.07) is 4.83. The minimum Gasteiger partial charge on any atom is -0.391 e. The maximum absolute atomic E-state index is 13.7. The third-order valence-corrected chi connectivity index (χ3v) is 7.28. The van der Waals surface area contributed by atoms with Gasteiger partial charge in [-0.3, -0.25) is 14.6 Å². The van der Waals surface area contributed by atoms with Crippen molar-refractivity contribution in [3.8, 4) is 0 Å². The van der Waals surface area contributed by atoms with Crippen molar-refractivity contribution in [1.82, 2.24) is 15.1 Å². The number of likely N-dealkylation sites (tertiary alicyclic amines) is 1.